The molecule has 1 heterocycles. The van der Waals surface area contributed by atoms with Crippen LogP contribution < -0.4 is 0 Å². The molecule has 0 spiro atoms. The lowest BCUT2D eigenvalue weighted by Crippen LogP contribution is -2.47. The molecule has 0 amide bonds. The van der Waals surface area contributed by atoms with Gasteiger partial charge in [-0.05, 0) is 25.7 Å². The predicted octanol–water partition coefficient (Wildman–Crippen LogP) is 1.30. The molecule has 0 bridgehead atoms. The third kappa shape index (κ3) is 2.98. The number of hydrogen-bond donors (Lipinski definition) is 1. The van der Waals surface area contributed by atoms with E-state index in [-0.39, 0.29) is 12.3 Å². The van der Waals surface area contributed by atoms with Crippen LogP contribution in [0.15, 0.2) is 0 Å². The van der Waals surface area contributed by atoms with Crippen LogP contribution in [-0.2, 0) is 14.8 Å². The van der Waals surface area contributed by atoms with E-state index in [1.807, 2.05) is 0 Å². The van der Waals surface area contributed by atoms with E-state index < -0.39 is 21.4 Å². The summed E-state index contributed by atoms with van der Waals surface area (Å²) in [6, 6.07) is 0. The van der Waals surface area contributed by atoms with E-state index >= 15 is 0 Å². The van der Waals surface area contributed by atoms with E-state index in [1.165, 1.54) is 4.31 Å². The Labute approximate surface area is 103 Å². The van der Waals surface area contributed by atoms with Gasteiger partial charge in [0.05, 0.1) is 11.2 Å². The van der Waals surface area contributed by atoms with E-state index in [1.54, 1.807) is 13.8 Å². The standard InChI is InChI=1S/C11H21NO4S/c1-3-11(4-2,10(13)14)9-12-7-5-6-8-17(12,15)16/h3-9H2,1-2H3,(H,13,14). The van der Waals surface area contributed by atoms with Crippen molar-refractivity contribution in [3.05, 3.63) is 0 Å². The van der Waals surface area contributed by atoms with Crippen LogP contribution in [0.1, 0.15) is 39.5 Å². The molecule has 0 aliphatic carbocycles. The number of rotatable bonds is 5. The topological polar surface area (TPSA) is 74.7 Å². The van der Waals surface area contributed by atoms with Crippen LogP contribution in [0, 0.1) is 5.41 Å². The van der Waals surface area contributed by atoms with Crippen molar-refractivity contribution in [3.63, 3.8) is 0 Å². The summed E-state index contributed by atoms with van der Waals surface area (Å²) in [4.78, 5) is 11.3. The van der Waals surface area contributed by atoms with Gasteiger partial charge in [-0.2, -0.15) is 0 Å². The van der Waals surface area contributed by atoms with E-state index in [0.717, 1.165) is 6.42 Å². The predicted molar refractivity (Wildman–Crippen MR) is 65.2 cm³/mol. The third-order valence-corrected chi connectivity index (χ3v) is 5.64. The molecule has 0 aromatic rings. The van der Waals surface area contributed by atoms with Crippen LogP contribution >= 0.6 is 0 Å². The average Bonchev–Trinajstić information content (AvgIpc) is 2.27. The third-order valence-electron chi connectivity index (χ3n) is 3.74. The van der Waals surface area contributed by atoms with Gasteiger partial charge in [-0.1, -0.05) is 13.8 Å². The molecule has 1 aliphatic heterocycles. The molecule has 1 aliphatic rings. The first-order valence-electron chi connectivity index (χ1n) is 6.09. The van der Waals surface area contributed by atoms with Crippen LogP contribution in [0.4, 0.5) is 0 Å². The van der Waals surface area contributed by atoms with Crippen molar-refractivity contribution in [1.29, 1.82) is 0 Å². The van der Waals surface area contributed by atoms with Gasteiger partial charge in [0, 0.05) is 13.1 Å². The Morgan fingerprint density at radius 1 is 1.29 bits per heavy atom. The molecular formula is C11H21NO4S. The lowest BCUT2D eigenvalue weighted by Gasteiger charge is -2.35. The summed E-state index contributed by atoms with van der Waals surface area (Å²) in [6.45, 7) is 4.16. The van der Waals surface area contributed by atoms with Crippen LogP contribution in [0.3, 0.4) is 0 Å². The van der Waals surface area contributed by atoms with Crippen LogP contribution in [0.25, 0.3) is 0 Å². The highest BCUT2D eigenvalue weighted by molar-refractivity contribution is 7.89. The highest BCUT2D eigenvalue weighted by Gasteiger charge is 2.40. The molecular weight excluding hydrogens is 242 g/mol. The quantitative estimate of drug-likeness (QED) is 0.811. The Balaban J connectivity index is 2.90. The molecule has 1 N–H and O–H groups in total. The maximum Gasteiger partial charge on any atom is 0.310 e. The second kappa shape index (κ2) is 5.35. The molecule has 1 rings (SSSR count). The number of carbonyl (C=O) groups is 1. The number of aliphatic carboxylic acids is 1. The Morgan fingerprint density at radius 2 is 1.88 bits per heavy atom. The molecule has 0 radical (unpaired) electrons. The van der Waals surface area contributed by atoms with Gasteiger partial charge in [-0.25, -0.2) is 12.7 Å². The van der Waals surface area contributed by atoms with Crippen molar-refractivity contribution >= 4 is 16.0 Å². The fourth-order valence-corrected chi connectivity index (χ4v) is 3.88. The van der Waals surface area contributed by atoms with Crippen LogP contribution in [0.5, 0.6) is 0 Å². The van der Waals surface area contributed by atoms with Crippen LogP contribution in [0.2, 0.25) is 0 Å². The van der Waals surface area contributed by atoms with Crippen LogP contribution in [-0.4, -0.2) is 42.6 Å². The minimum atomic E-state index is -3.24. The smallest absolute Gasteiger partial charge is 0.310 e. The highest BCUT2D eigenvalue weighted by atomic mass is 32.2. The zero-order valence-electron chi connectivity index (χ0n) is 10.5. The van der Waals surface area contributed by atoms with Gasteiger partial charge in [-0.3, -0.25) is 4.79 Å². The second-order valence-electron chi connectivity index (χ2n) is 4.65. The summed E-state index contributed by atoms with van der Waals surface area (Å²) in [5.41, 5.74) is -0.940. The number of hydrogen-bond acceptors (Lipinski definition) is 3. The second-order valence-corrected chi connectivity index (χ2v) is 6.74. The lowest BCUT2D eigenvalue weighted by atomic mass is 9.82. The molecule has 1 saturated heterocycles. The van der Waals surface area contributed by atoms with Gasteiger partial charge >= 0.3 is 5.97 Å². The molecule has 17 heavy (non-hydrogen) atoms. The average molecular weight is 263 g/mol. The normalized spacial score (nSPS) is 21.3. The van der Waals surface area contributed by atoms with Crippen molar-refractivity contribution < 1.29 is 18.3 Å². The Kier molecular flexibility index (Phi) is 4.55. The largest absolute Gasteiger partial charge is 0.481 e. The van der Waals surface area contributed by atoms with Crippen molar-refractivity contribution in [3.8, 4) is 0 Å². The molecule has 0 atom stereocenters. The van der Waals surface area contributed by atoms with E-state index in [9.17, 15) is 18.3 Å². The summed E-state index contributed by atoms with van der Waals surface area (Å²) in [5, 5.41) is 9.30. The summed E-state index contributed by atoms with van der Waals surface area (Å²) in [6.07, 6.45) is 2.40. The monoisotopic (exact) mass is 263 g/mol. The SMILES string of the molecule is CCC(CC)(CN1CCCCS1(=O)=O)C(=O)O. The fourth-order valence-electron chi connectivity index (χ4n) is 2.20. The fraction of sp³-hybridized carbons (Fsp3) is 0.909. The molecule has 5 nitrogen and oxygen atoms in total. The van der Waals surface area contributed by atoms with Crippen molar-refractivity contribution in [2.45, 2.75) is 39.5 Å². The minimum absolute atomic E-state index is 0.109. The van der Waals surface area contributed by atoms with Gasteiger partial charge in [0.2, 0.25) is 10.0 Å². The van der Waals surface area contributed by atoms with Crippen molar-refractivity contribution in [2.24, 2.45) is 5.41 Å². The maximum absolute atomic E-state index is 11.8. The Morgan fingerprint density at radius 3 is 2.29 bits per heavy atom. The maximum atomic E-state index is 11.8. The summed E-state index contributed by atoms with van der Waals surface area (Å²) < 4.78 is 25.1. The Bertz CT molecular complexity index is 373. The number of carboxylic acids is 1. The zero-order chi connectivity index (χ0) is 13.1. The highest BCUT2D eigenvalue weighted by Crippen LogP contribution is 2.30. The number of carboxylic acid groups (broad SMARTS) is 1. The minimum Gasteiger partial charge on any atom is -0.481 e. The van der Waals surface area contributed by atoms with E-state index in [4.69, 9.17) is 0 Å². The van der Waals surface area contributed by atoms with E-state index in [2.05, 4.69) is 0 Å². The zero-order valence-corrected chi connectivity index (χ0v) is 11.3. The van der Waals surface area contributed by atoms with Gasteiger partial charge in [0.25, 0.3) is 0 Å². The first-order chi connectivity index (χ1) is 7.88. The number of sulfonamides is 1. The van der Waals surface area contributed by atoms with Gasteiger partial charge in [0.15, 0.2) is 0 Å². The summed E-state index contributed by atoms with van der Waals surface area (Å²) in [7, 11) is -3.24. The van der Waals surface area contributed by atoms with Crippen molar-refractivity contribution in [1.82, 2.24) is 4.31 Å². The summed E-state index contributed by atoms with van der Waals surface area (Å²) >= 11 is 0. The molecule has 0 aromatic heterocycles. The number of nitrogens with zero attached hydrogens (tertiary/aromatic N) is 1. The van der Waals surface area contributed by atoms with Gasteiger partial charge in [0.1, 0.15) is 0 Å². The lowest BCUT2D eigenvalue weighted by molar-refractivity contribution is -0.150. The first kappa shape index (κ1) is 14.4. The Hall–Kier alpha value is -0.620. The summed E-state index contributed by atoms with van der Waals surface area (Å²) in [5.74, 6) is -0.751. The van der Waals surface area contributed by atoms with E-state index in [0.29, 0.717) is 25.8 Å². The van der Waals surface area contributed by atoms with Gasteiger partial charge in [-0.15, -0.1) is 0 Å². The molecule has 100 valence electrons. The van der Waals surface area contributed by atoms with Gasteiger partial charge < -0.3 is 5.11 Å². The first-order valence-corrected chi connectivity index (χ1v) is 7.70. The molecule has 1 fully saturated rings. The molecule has 0 unspecified atom stereocenters. The molecule has 6 heteroatoms. The van der Waals surface area contributed by atoms with Crippen molar-refractivity contribution in [2.75, 3.05) is 18.8 Å². The molecule has 0 saturated carbocycles. The molecule has 0 aromatic carbocycles.